The smallest absolute Gasteiger partial charge is 0.327 e. The van der Waals surface area contributed by atoms with Crippen molar-refractivity contribution in [3.05, 3.63) is 0 Å². The van der Waals surface area contributed by atoms with Crippen molar-refractivity contribution in [1.29, 1.82) is 0 Å². The first-order chi connectivity index (χ1) is 6.12. The van der Waals surface area contributed by atoms with Gasteiger partial charge in [-0.3, -0.25) is 4.79 Å². The highest BCUT2D eigenvalue weighted by Gasteiger charge is 2.49. The fourth-order valence-electron chi connectivity index (χ4n) is 1.16. The van der Waals surface area contributed by atoms with Gasteiger partial charge in [-0.25, -0.2) is 0 Å². The number of alkyl halides is 1. The average molecular weight is 205 g/mol. The maximum Gasteiger partial charge on any atom is 0.327 e. The molecule has 0 aliphatic heterocycles. The van der Waals surface area contributed by atoms with E-state index in [0.29, 0.717) is 12.5 Å². The van der Waals surface area contributed by atoms with E-state index in [1.807, 2.05) is 0 Å². The normalized spacial score (nSPS) is 18.8. The zero-order valence-electron chi connectivity index (χ0n) is 8.31. The van der Waals surface area contributed by atoms with Crippen molar-refractivity contribution in [1.82, 2.24) is 0 Å². The first-order valence-electron chi connectivity index (χ1n) is 4.98. The van der Waals surface area contributed by atoms with Gasteiger partial charge in [0.1, 0.15) is 4.87 Å². The van der Waals surface area contributed by atoms with Crippen molar-refractivity contribution in [2.45, 2.75) is 44.4 Å². The quantitative estimate of drug-likeness (QED) is 0.509. The van der Waals surface area contributed by atoms with Gasteiger partial charge >= 0.3 is 5.97 Å². The number of esters is 1. The molecule has 1 aliphatic carbocycles. The van der Waals surface area contributed by atoms with E-state index in [1.165, 1.54) is 0 Å². The first kappa shape index (κ1) is 10.8. The van der Waals surface area contributed by atoms with Crippen LogP contribution in [-0.2, 0) is 9.53 Å². The highest BCUT2D eigenvalue weighted by atomic mass is 35.5. The molecule has 13 heavy (non-hydrogen) atoms. The summed E-state index contributed by atoms with van der Waals surface area (Å²) in [6, 6.07) is 0. The van der Waals surface area contributed by atoms with Gasteiger partial charge in [-0.15, -0.1) is 11.6 Å². The highest BCUT2D eigenvalue weighted by molar-refractivity contribution is 6.36. The lowest BCUT2D eigenvalue weighted by Crippen LogP contribution is -2.22. The molecule has 1 aliphatic rings. The lowest BCUT2D eigenvalue weighted by Gasteiger charge is -2.13. The molecule has 3 heteroatoms. The van der Waals surface area contributed by atoms with Gasteiger partial charge in [0, 0.05) is 0 Å². The van der Waals surface area contributed by atoms with Crippen LogP contribution >= 0.6 is 11.6 Å². The van der Waals surface area contributed by atoms with Gasteiger partial charge in [0.2, 0.25) is 0 Å². The van der Waals surface area contributed by atoms with Gasteiger partial charge in [0.05, 0.1) is 6.61 Å². The van der Waals surface area contributed by atoms with Crippen LogP contribution in [0, 0.1) is 5.92 Å². The van der Waals surface area contributed by atoms with Crippen molar-refractivity contribution in [3.63, 3.8) is 0 Å². The van der Waals surface area contributed by atoms with Crippen molar-refractivity contribution >= 4 is 17.6 Å². The zero-order valence-corrected chi connectivity index (χ0v) is 9.06. The lowest BCUT2D eigenvalue weighted by atomic mass is 10.1. The molecule has 0 bridgehead atoms. The Kier molecular flexibility index (Phi) is 3.60. The van der Waals surface area contributed by atoms with E-state index in [1.54, 1.807) is 0 Å². The summed E-state index contributed by atoms with van der Waals surface area (Å²) in [6.45, 7) is 4.74. The van der Waals surface area contributed by atoms with Crippen LogP contribution in [0.4, 0.5) is 0 Å². The molecule has 0 spiro atoms. The number of hydrogen-bond acceptors (Lipinski definition) is 2. The molecule has 1 fully saturated rings. The SMILES string of the molecule is CCC(CC)COC(=O)C1(Cl)CC1. The number of ether oxygens (including phenoxy) is 1. The first-order valence-corrected chi connectivity index (χ1v) is 5.36. The second-order valence-corrected chi connectivity index (χ2v) is 4.47. The zero-order chi connectivity index (χ0) is 9.90. The number of carbonyl (C=O) groups is 1. The van der Waals surface area contributed by atoms with E-state index in [-0.39, 0.29) is 5.97 Å². The Labute approximate surface area is 84.6 Å². The third-order valence-corrected chi connectivity index (χ3v) is 3.19. The molecule has 0 radical (unpaired) electrons. The fourth-order valence-corrected chi connectivity index (χ4v) is 1.31. The molecule has 0 aromatic carbocycles. The Bertz CT molecular complexity index is 183. The number of hydrogen-bond donors (Lipinski definition) is 0. The molecular formula is C10H17ClO2. The molecular weight excluding hydrogens is 188 g/mol. The van der Waals surface area contributed by atoms with E-state index in [9.17, 15) is 4.79 Å². The number of halogens is 1. The molecule has 0 N–H and O–H groups in total. The minimum absolute atomic E-state index is 0.221. The largest absolute Gasteiger partial charge is 0.464 e. The Hall–Kier alpha value is -0.240. The second-order valence-electron chi connectivity index (χ2n) is 3.75. The molecule has 1 saturated carbocycles. The van der Waals surface area contributed by atoms with Crippen LogP contribution in [0.2, 0.25) is 0 Å². The topological polar surface area (TPSA) is 26.3 Å². The van der Waals surface area contributed by atoms with Crippen LogP contribution in [0.3, 0.4) is 0 Å². The van der Waals surface area contributed by atoms with Crippen LogP contribution in [0.15, 0.2) is 0 Å². The van der Waals surface area contributed by atoms with Gasteiger partial charge in [-0.05, 0) is 18.8 Å². The summed E-state index contributed by atoms with van der Waals surface area (Å²) >= 11 is 5.89. The van der Waals surface area contributed by atoms with Gasteiger partial charge < -0.3 is 4.74 Å². The summed E-state index contributed by atoms with van der Waals surface area (Å²) in [7, 11) is 0. The molecule has 1 rings (SSSR count). The molecule has 2 nitrogen and oxygen atoms in total. The van der Waals surface area contributed by atoms with Crippen LogP contribution in [0.1, 0.15) is 39.5 Å². The van der Waals surface area contributed by atoms with Gasteiger partial charge in [0.15, 0.2) is 0 Å². The van der Waals surface area contributed by atoms with Crippen LogP contribution in [0.25, 0.3) is 0 Å². The predicted octanol–water partition coefficient (Wildman–Crippen LogP) is 2.74. The summed E-state index contributed by atoms with van der Waals surface area (Å²) in [5.41, 5.74) is 0. The summed E-state index contributed by atoms with van der Waals surface area (Å²) in [5, 5.41) is 0. The van der Waals surface area contributed by atoms with Crippen molar-refractivity contribution in [2.75, 3.05) is 6.61 Å². The Morgan fingerprint density at radius 2 is 2.00 bits per heavy atom. The standard InChI is InChI=1S/C10H17ClO2/c1-3-8(4-2)7-13-9(12)10(11)5-6-10/h8H,3-7H2,1-2H3. The molecule has 0 saturated heterocycles. The third kappa shape index (κ3) is 2.87. The number of carbonyl (C=O) groups excluding carboxylic acids is 1. The van der Waals surface area contributed by atoms with E-state index >= 15 is 0 Å². The van der Waals surface area contributed by atoms with E-state index in [4.69, 9.17) is 16.3 Å². The van der Waals surface area contributed by atoms with E-state index in [0.717, 1.165) is 25.7 Å². The lowest BCUT2D eigenvalue weighted by molar-refractivity contribution is -0.145. The van der Waals surface area contributed by atoms with Crippen LogP contribution < -0.4 is 0 Å². The third-order valence-electron chi connectivity index (χ3n) is 2.66. The van der Waals surface area contributed by atoms with Gasteiger partial charge in [-0.1, -0.05) is 26.7 Å². The van der Waals surface area contributed by atoms with Crippen LogP contribution in [0.5, 0.6) is 0 Å². The molecule has 0 heterocycles. The van der Waals surface area contributed by atoms with E-state index < -0.39 is 4.87 Å². The van der Waals surface area contributed by atoms with Crippen molar-refractivity contribution < 1.29 is 9.53 Å². The fraction of sp³-hybridized carbons (Fsp3) is 0.900. The molecule has 0 amide bonds. The Morgan fingerprint density at radius 3 is 2.38 bits per heavy atom. The molecule has 0 aromatic heterocycles. The second kappa shape index (κ2) is 4.32. The summed E-state index contributed by atoms with van der Waals surface area (Å²) in [6.07, 6.45) is 3.66. The predicted molar refractivity (Wildman–Crippen MR) is 52.8 cm³/mol. The monoisotopic (exact) mass is 204 g/mol. The average Bonchev–Trinajstić information content (AvgIpc) is 2.86. The Balaban J connectivity index is 2.21. The minimum Gasteiger partial charge on any atom is -0.464 e. The summed E-state index contributed by atoms with van der Waals surface area (Å²) in [4.78, 5) is 10.7. The molecule has 0 aromatic rings. The Morgan fingerprint density at radius 1 is 1.46 bits per heavy atom. The minimum atomic E-state index is -0.647. The number of rotatable bonds is 5. The van der Waals surface area contributed by atoms with Crippen molar-refractivity contribution in [2.24, 2.45) is 5.92 Å². The van der Waals surface area contributed by atoms with Gasteiger partial charge in [-0.2, -0.15) is 0 Å². The van der Waals surface area contributed by atoms with E-state index in [2.05, 4.69) is 13.8 Å². The molecule has 0 atom stereocenters. The van der Waals surface area contributed by atoms with Crippen LogP contribution in [-0.4, -0.2) is 17.5 Å². The van der Waals surface area contributed by atoms with Crippen molar-refractivity contribution in [3.8, 4) is 0 Å². The summed E-state index contributed by atoms with van der Waals surface area (Å²) in [5.74, 6) is 0.268. The highest BCUT2D eigenvalue weighted by Crippen LogP contribution is 2.43. The van der Waals surface area contributed by atoms with Gasteiger partial charge in [0.25, 0.3) is 0 Å². The molecule has 76 valence electrons. The summed E-state index contributed by atoms with van der Waals surface area (Å²) < 4.78 is 5.14. The maximum atomic E-state index is 11.3. The maximum absolute atomic E-state index is 11.3. The molecule has 0 unspecified atom stereocenters.